The second-order valence-electron chi connectivity index (χ2n) is 4.68. The van der Waals surface area contributed by atoms with Gasteiger partial charge in [-0.2, -0.15) is 0 Å². The molecule has 2 aromatic carbocycles. The summed E-state index contributed by atoms with van der Waals surface area (Å²) in [5.74, 6) is -1.54. The molecule has 0 aromatic heterocycles. The first-order chi connectivity index (χ1) is 9.45. The summed E-state index contributed by atoms with van der Waals surface area (Å²) in [6, 6.07) is 12.9. The van der Waals surface area contributed by atoms with E-state index < -0.39 is 21.1 Å². The fourth-order valence-corrected chi connectivity index (χ4v) is 4.02. The maximum atomic E-state index is 12.2. The van der Waals surface area contributed by atoms with Gasteiger partial charge in [0.25, 0.3) is 0 Å². The summed E-state index contributed by atoms with van der Waals surface area (Å²) in [6.45, 7) is 1.57. The van der Waals surface area contributed by atoms with E-state index >= 15 is 0 Å². The van der Waals surface area contributed by atoms with Gasteiger partial charge in [0.15, 0.2) is 15.1 Å². The lowest BCUT2D eigenvalue weighted by Crippen LogP contribution is -2.30. The summed E-state index contributed by atoms with van der Waals surface area (Å²) in [5, 5.41) is 9.47. The second kappa shape index (κ2) is 5.63. The van der Waals surface area contributed by atoms with Crippen molar-refractivity contribution in [1.82, 2.24) is 0 Å². The minimum absolute atomic E-state index is 0.0719. The first-order valence-corrected chi connectivity index (χ1v) is 8.08. The van der Waals surface area contributed by atoms with Gasteiger partial charge in [0.05, 0.1) is 5.75 Å². The van der Waals surface area contributed by atoms with E-state index in [4.69, 9.17) is 5.11 Å². The molecule has 1 N–H and O–H groups in total. The quantitative estimate of drug-likeness (QED) is 0.919. The standard InChI is InChI=1S/C15H16O4S/c1-2-14(15(16)17)20(18,19)10-12-8-5-7-11-6-3-4-9-13(11)12/h3-9,14H,2,10H2,1H3,(H,16,17). The normalized spacial score (nSPS) is 13.2. The highest BCUT2D eigenvalue weighted by atomic mass is 32.2. The van der Waals surface area contributed by atoms with Crippen LogP contribution < -0.4 is 0 Å². The molecule has 0 heterocycles. The lowest BCUT2D eigenvalue weighted by molar-refractivity contribution is -0.136. The zero-order valence-corrected chi connectivity index (χ0v) is 11.9. The van der Waals surface area contributed by atoms with Gasteiger partial charge < -0.3 is 5.11 Å². The highest BCUT2D eigenvalue weighted by Gasteiger charge is 2.31. The number of carboxylic acid groups (broad SMARTS) is 1. The molecule has 0 radical (unpaired) electrons. The van der Waals surface area contributed by atoms with Crippen LogP contribution in [0.5, 0.6) is 0 Å². The van der Waals surface area contributed by atoms with E-state index in [2.05, 4.69) is 0 Å². The van der Waals surface area contributed by atoms with Crippen LogP contribution in [0, 0.1) is 0 Å². The Morgan fingerprint density at radius 3 is 2.45 bits per heavy atom. The van der Waals surface area contributed by atoms with Crippen LogP contribution >= 0.6 is 0 Å². The second-order valence-corrected chi connectivity index (χ2v) is 6.86. The molecular formula is C15H16O4S. The number of sulfone groups is 1. The highest BCUT2D eigenvalue weighted by molar-refractivity contribution is 7.92. The van der Waals surface area contributed by atoms with Crippen molar-refractivity contribution in [2.45, 2.75) is 24.3 Å². The molecule has 0 aliphatic heterocycles. The minimum atomic E-state index is -3.72. The molecule has 2 aromatic rings. The van der Waals surface area contributed by atoms with Crippen LogP contribution in [-0.4, -0.2) is 24.7 Å². The molecule has 4 nitrogen and oxygen atoms in total. The Hall–Kier alpha value is -1.88. The molecule has 0 spiro atoms. The number of carboxylic acids is 1. The van der Waals surface area contributed by atoms with E-state index in [0.29, 0.717) is 5.56 Å². The van der Waals surface area contributed by atoms with Crippen LogP contribution in [0.15, 0.2) is 42.5 Å². The summed E-state index contributed by atoms with van der Waals surface area (Å²) in [7, 11) is -3.72. The van der Waals surface area contributed by atoms with Gasteiger partial charge >= 0.3 is 5.97 Å². The molecule has 0 bridgehead atoms. The van der Waals surface area contributed by atoms with E-state index in [1.165, 1.54) is 0 Å². The number of aliphatic carboxylic acids is 1. The van der Waals surface area contributed by atoms with Crippen molar-refractivity contribution < 1.29 is 18.3 Å². The van der Waals surface area contributed by atoms with Gasteiger partial charge in [0.2, 0.25) is 0 Å². The van der Waals surface area contributed by atoms with Crippen molar-refractivity contribution in [2.75, 3.05) is 0 Å². The maximum absolute atomic E-state index is 12.2. The van der Waals surface area contributed by atoms with Crippen LogP contribution in [0.25, 0.3) is 10.8 Å². The third kappa shape index (κ3) is 2.82. The molecule has 0 aliphatic rings. The summed E-state index contributed by atoms with van der Waals surface area (Å²) < 4.78 is 24.5. The molecule has 0 amide bonds. The smallest absolute Gasteiger partial charge is 0.321 e. The van der Waals surface area contributed by atoms with Crippen molar-refractivity contribution in [3.8, 4) is 0 Å². The summed E-state index contributed by atoms with van der Waals surface area (Å²) >= 11 is 0. The zero-order chi connectivity index (χ0) is 14.8. The number of benzene rings is 2. The van der Waals surface area contributed by atoms with Crippen molar-refractivity contribution in [3.63, 3.8) is 0 Å². The van der Waals surface area contributed by atoms with Gasteiger partial charge in [0, 0.05) is 0 Å². The average Bonchev–Trinajstić information content (AvgIpc) is 2.38. The number of carbonyl (C=O) groups is 1. The van der Waals surface area contributed by atoms with Gasteiger partial charge in [-0.15, -0.1) is 0 Å². The molecule has 0 aliphatic carbocycles. The Morgan fingerprint density at radius 2 is 1.80 bits per heavy atom. The first-order valence-electron chi connectivity index (χ1n) is 6.36. The Morgan fingerprint density at radius 1 is 1.15 bits per heavy atom. The van der Waals surface area contributed by atoms with Gasteiger partial charge in [-0.1, -0.05) is 49.4 Å². The maximum Gasteiger partial charge on any atom is 0.321 e. The lowest BCUT2D eigenvalue weighted by atomic mass is 10.1. The van der Waals surface area contributed by atoms with E-state index in [1.807, 2.05) is 30.3 Å². The summed E-state index contributed by atoms with van der Waals surface area (Å²) in [4.78, 5) is 11.1. The van der Waals surface area contributed by atoms with Gasteiger partial charge in [-0.25, -0.2) is 8.42 Å². The molecule has 1 unspecified atom stereocenters. The van der Waals surface area contributed by atoms with Gasteiger partial charge in [-0.05, 0) is 22.8 Å². The lowest BCUT2D eigenvalue weighted by Gasteiger charge is -2.12. The minimum Gasteiger partial charge on any atom is -0.480 e. The van der Waals surface area contributed by atoms with Crippen LogP contribution in [0.2, 0.25) is 0 Å². The predicted molar refractivity (Wildman–Crippen MR) is 78.3 cm³/mol. The summed E-state index contributed by atoms with van der Waals surface area (Å²) in [6.07, 6.45) is 0.0719. The topological polar surface area (TPSA) is 71.4 Å². The molecule has 20 heavy (non-hydrogen) atoms. The van der Waals surface area contributed by atoms with E-state index in [9.17, 15) is 13.2 Å². The van der Waals surface area contributed by atoms with Crippen LogP contribution in [-0.2, 0) is 20.4 Å². The number of hydrogen-bond donors (Lipinski definition) is 1. The van der Waals surface area contributed by atoms with Gasteiger partial charge in [0.1, 0.15) is 0 Å². The van der Waals surface area contributed by atoms with E-state index in [1.54, 1.807) is 19.1 Å². The molecular weight excluding hydrogens is 276 g/mol. The highest BCUT2D eigenvalue weighted by Crippen LogP contribution is 2.22. The number of fused-ring (bicyclic) bond motifs is 1. The number of rotatable bonds is 5. The Bertz CT molecular complexity index is 729. The Kier molecular flexibility index (Phi) is 4.09. The van der Waals surface area contributed by atoms with Gasteiger partial charge in [-0.3, -0.25) is 4.79 Å². The molecule has 106 valence electrons. The zero-order valence-electron chi connectivity index (χ0n) is 11.1. The van der Waals surface area contributed by atoms with E-state index in [-0.39, 0.29) is 12.2 Å². The largest absolute Gasteiger partial charge is 0.480 e. The van der Waals surface area contributed by atoms with Crippen molar-refractivity contribution >= 4 is 26.6 Å². The van der Waals surface area contributed by atoms with E-state index in [0.717, 1.165) is 10.8 Å². The fourth-order valence-electron chi connectivity index (χ4n) is 2.32. The van der Waals surface area contributed by atoms with Crippen molar-refractivity contribution in [1.29, 1.82) is 0 Å². The molecule has 5 heteroatoms. The van der Waals surface area contributed by atoms with Crippen LogP contribution in [0.4, 0.5) is 0 Å². The predicted octanol–water partition coefficient (Wildman–Crippen LogP) is 2.62. The Balaban J connectivity index is 2.44. The van der Waals surface area contributed by atoms with Crippen LogP contribution in [0.1, 0.15) is 18.9 Å². The molecule has 1 atom stereocenters. The SMILES string of the molecule is CCC(C(=O)O)S(=O)(=O)Cc1cccc2ccccc12. The molecule has 0 saturated heterocycles. The fraction of sp³-hybridized carbons (Fsp3) is 0.267. The Labute approximate surface area is 118 Å². The molecule has 2 rings (SSSR count). The van der Waals surface area contributed by atoms with Crippen LogP contribution in [0.3, 0.4) is 0 Å². The first kappa shape index (κ1) is 14.5. The average molecular weight is 292 g/mol. The molecule has 0 fully saturated rings. The monoisotopic (exact) mass is 292 g/mol. The number of hydrogen-bond acceptors (Lipinski definition) is 3. The van der Waals surface area contributed by atoms with Crippen molar-refractivity contribution in [2.24, 2.45) is 0 Å². The summed E-state index contributed by atoms with van der Waals surface area (Å²) in [5.41, 5.74) is 0.641. The molecule has 0 saturated carbocycles. The third-order valence-electron chi connectivity index (χ3n) is 3.32. The van der Waals surface area contributed by atoms with Crippen molar-refractivity contribution in [3.05, 3.63) is 48.0 Å². The third-order valence-corrected chi connectivity index (χ3v) is 5.43.